The Labute approximate surface area is 581 Å². The van der Waals surface area contributed by atoms with Crippen LogP contribution in [-0.4, -0.2) is 96.7 Å². The summed E-state index contributed by atoms with van der Waals surface area (Å²) in [6, 6.07) is 0. The standard InChI is InChI=1S/C76H148O17P2/c1-7-11-13-15-17-19-21-22-23-24-28-32-35-39-46-52-58-73(78)86-64-71(92-76(81)61-55-49-41-37-33-29-26-25-27-31-34-38-44-50-56-68(5)9-3)66-90-94(82,83)88-62-70(77)63-89-95(84,85)91-67-72(65-87-74(79)59-53-47-43-42-45-51-57-69(6)10-4)93-75(80)60-54-48-40-36-30-20-18-16-14-12-8-2/h68-72,77H,7-67H2,1-6H3,(H,82,83)(H,84,85)/t68?,69?,70-,71-,72-/m1/s1. The van der Waals surface area contributed by atoms with Crippen LogP contribution in [0.5, 0.6) is 0 Å². The van der Waals surface area contributed by atoms with E-state index in [2.05, 4.69) is 41.5 Å². The zero-order chi connectivity index (χ0) is 70.0. The van der Waals surface area contributed by atoms with Gasteiger partial charge in [-0.2, -0.15) is 0 Å². The van der Waals surface area contributed by atoms with Crippen LogP contribution in [0, 0.1) is 11.8 Å². The van der Waals surface area contributed by atoms with Crippen LogP contribution in [0.4, 0.5) is 0 Å². The lowest BCUT2D eigenvalue weighted by Crippen LogP contribution is -2.30. The number of unbranched alkanes of at least 4 members (excludes halogenated alkanes) is 43. The van der Waals surface area contributed by atoms with Crippen LogP contribution in [0.1, 0.15) is 395 Å². The summed E-state index contributed by atoms with van der Waals surface area (Å²) in [5, 5.41) is 10.6. The van der Waals surface area contributed by atoms with Gasteiger partial charge in [-0.15, -0.1) is 0 Å². The topological polar surface area (TPSA) is 237 Å². The summed E-state index contributed by atoms with van der Waals surface area (Å²) in [5.41, 5.74) is 0. The molecule has 564 valence electrons. The second-order valence-corrected chi connectivity index (χ2v) is 30.8. The molecule has 0 radical (unpaired) electrons. The maximum absolute atomic E-state index is 13.1. The van der Waals surface area contributed by atoms with Gasteiger partial charge < -0.3 is 33.8 Å². The highest BCUT2D eigenvalue weighted by atomic mass is 31.2. The Hall–Kier alpha value is -1.94. The van der Waals surface area contributed by atoms with Gasteiger partial charge in [0.1, 0.15) is 19.3 Å². The van der Waals surface area contributed by atoms with Crippen molar-refractivity contribution < 1.29 is 80.2 Å². The molecule has 0 spiro atoms. The van der Waals surface area contributed by atoms with E-state index in [-0.39, 0.29) is 25.7 Å². The number of aliphatic hydroxyl groups is 1. The zero-order valence-corrected chi connectivity index (χ0v) is 63.8. The Bertz CT molecular complexity index is 1840. The van der Waals surface area contributed by atoms with Crippen LogP contribution in [0.25, 0.3) is 0 Å². The summed E-state index contributed by atoms with van der Waals surface area (Å²) < 4.78 is 68.5. The average molecular weight is 1400 g/mol. The molecule has 0 aromatic heterocycles. The molecule has 0 heterocycles. The molecule has 7 atom stereocenters. The normalized spacial score (nSPS) is 14.6. The molecule has 0 aromatic carbocycles. The van der Waals surface area contributed by atoms with Crippen LogP contribution in [0.3, 0.4) is 0 Å². The van der Waals surface area contributed by atoms with Gasteiger partial charge in [0.25, 0.3) is 0 Å². The van der Waals surface area contributed by atoms with E-state index < -0.39 is 97.5 Å². The first-order chi connectivity index (χ1) is 45.9. The number of hydrogen-bond acceptors (Lipinski definition) is 15. The molecule has 95 heavy (non-hydrogen) atoms. The fraction of sp³-hybridized carbons (Fsp3) is 0.947. The zero-order valence-electron chi connectivity index (χ0n) is 62.0. The number of ether oxygens (including phenoxy) is 4. The summed E-state index contributed by atoms with van der Waals surface area (Å²) in [7, 11) is -9.91. The molecular weight excluding hydrogens is 1250 g/mol. The minimum atomic E-state index is -4.96. The van der Waals surface area contributed by atoms with Crippen molar-refractivity contribution >= 4 is 39.5 Å². The number of hydrogen-bond donors (Lipinski definition) is 3. The molecule has 0 aromatic rings. The van der Waals surface area contributed by atoms with E-state index in [4.69, 9.17) is 37.0 Å². The largest absolute Gasteiger partial charge is 0.472 e. The minimum Gasteiger partial charge on any atom is -0.462 e. The SMILES string of the molecule is CCCCCCCCCCCCCCCCCCC(=O)OC[C@H](COP(=O)(O)OC[C@@H](O)COP(=O)(O)OC[C@@H](COC(=O)CCCCCCCCC(C)CC)OC(=O)CCCCCCCCCCCCC)OC(=O)CCCCCCCCCCCCCCCCC(C)CC. The highest BCUT2D eigenvalue weighted by Gasteiger charge is 2.30. The van der Waals surface area contributed by atoms with E-state index in [1.807, 2.05) is 0 Å². The number of esters is 4. The Balaban J connectivity index is 5.24. The summed E-state index contributed by atoms with van der Waals surface area (Å²) in [6.45, 7) is 9.61. The lowest BCUT2D eigenvalue weighted by atomic mass is 9.99. The molecule has 0 rings (SSSR count). The monoisotopic (exact) mass is 1400 g/mol. The molecule has 0 fully saturated rings. The van der Waals surface area contributed by atoms with Crippen molar-refractivity contribution in [3.05, 3.63) is 0 Å². The van der Waals surface area contributed by atoms with E-state index in [9.17, 15) is 43.2 Å². The Morgan fingerprint density at radius 1 is 0.295 bits per heavy atom. The van der Waals surface area contributed by atoms with Gasteiger partial charge in [-0.05, 0) is 37.5 Å². The van der Waals surface area contributed by atoms with Gasteiger partial charge in [-0.3, -0.25) is 37.3 Å². The number of aliphatic hydroxyl groups excluding tert-OH is 1. The number of phosphoric acid groups is 2. The molecule has 0 saturated carbocycles. The van der Waals surface area contributed by atoms with Crippen LogP contribution in [-0.2, 0) is 65.4 Å². The lowest BCUT2D eigenvalue weighted by molar-refractivity contribution is -0.161. The van der Waals surface area contributed by atoms with E-state index in [0.717, 1.165) is 108 Å². The first-order valence-corrected chi connectivity index (χ1v) is 42.6. The Morgan fingerprint density at radius 2 is 0.505 bits per heavy atom. The summed E-state index contributed by atoms with van der Waals surface area (Å²) >= 11 is 0. The Morgan fingerprint density at radius 3 is 0.747 bits per heavy atom. The van der Waals surface area contributed by atoms with Gasteiger partial charge in [-0.25, -0.2) is 9.13 Å². The van der Waals surface area contributed by atoms with Crippen molar-refractivity contribution in [2.45, 2.75) is 413 Å². The predicted octanol–water partition coefficient (Wildman–Crippen LogP) is 22.3. The molecule has 17 nitrogen and oxygen atoms in total. The third kappa shape index (κ3) is 67.6. The quantitative estimate of drug-likeness (QED) is 0.0222. The number of carbonyl (C=O) groups excluding carboxylic acids is 4. The molecule has 4 unspecified atom stereocenters. The van der Waals surface area contributed by atoms with Gasteiger partial charge in [0, 0.05) is 25.7 Å². The summed E-state index contributed by atoms with van der Waals surface area (Å²) in [4.78, 5) is 72.8. The molecule has 0 aliphatic heterocycles. The first-order valence-electron chi connectivity index (χ1n) is 39.6. The molecular formula is C76H148O17P2. The molecule has 0 bridgehead atoms. The highest BCUT2D eigenvalue weighted by molar-refractivity contribution is 7.47. The van der Waals surface area contributed by atoms with Crippen molar-refractivity contribution in [2.24, 2.45) is 11.8 Å². The molecule has 3 N–H and O–H groups in total. The summed E-state index contributed by atoms with van der Waals surface area (Å²) in [5.74, 6) is -0.538. The fourth-order valence-corrected chi connectivity index (χ4v) is 13.2. The van der Waals surface area contributed by atoms with Gasteiger partial charge in [0.15, 0.2) is 12.2 Å². The summed E-state index contributed by atoms with van der Waals surface area (Å²) in [6.07, 6.45) is 55.4. The van der Waals surface area contributed by atoms with Crippen molar-refractivity contribution in [3.8, 4) is 0 Å². The third-order valence-electron chi connectivity index (χ3n) is 18.4. The second-order valence-electron chi connectivity index (χ2n) is 27.9. The lowest BCUT2D eigenvalue weighted by Gasteiger charge is -2.21. The van der Waals surface area contributed by atoms with Gasteiger partial charge in [0.2, 0.25) is 0 Å². The fourth-order valence-electron chi connectivity index (χ4n) is 11.6. The van der Waals surface area contributed by atoms with Gasteiger partial charge in [0.05, 0.1) is 26.4 Å². The van der Waals surface area contributed by atoms with E-state index in [1.54, 1.807) is 0 Å². The van der Waals surface area contributed by atoms with Crippen LogP contribution >= 0.6 is 15.6 Å². The van der Waals surface area contributed by atoms with Gasteiger partial charge >= 0.3 is 39.5 Å². The highest BCUT2D eigenvalue weighted by Crippen LogP contribution is 2.45. The predicted molar refractivity (Wildman–Crippen MR) is 386 cm³/mol. The van der Waals surface area contributed by atoms with Gasteiger partial charge in [-0.1, -0.05) is 343 Å². The number of phosphoric ester groups is 2. The molecule has 0 saturated heterocycles. The maximum atomic E-state index is 13.1. The maximum Gasteiger partial charge on any atom is 0.472 e. The van der Waals surface area contributed by atoms with E-state index in [1.165, 1.54) is 205 Å². The van der Waals surface area contributed by atoms with E-state index in [0.29, 0.717) is 25.7 Å². The van der Waals surface area contributed by atoms with Crippen molar-refractivity contribution in [1.29, 1.82) is 0 Å². The molecule has 0 aliphatic carbocycles. The minimum absolute atomic E-state index is 0.106. The Kier molecular flexibility index (Phi) is 66.5. The van der Waals surface area contributed by atoms with Crippen molar-refractivity contribution in [1.82, 2.24) is 0 Å². The molecule has 19 heteroatoms. The second kappa shape index (κ2) is 67.9. The van der Waals surface area contributed by atoms with Crippen LogP contribution < -0.4 is 0 Å². The van der Waals surface area contributed by atoms with Crippen LogP contribution in [0.2, 0.25) is 0 Å². The number of rotatable bonds is 75. The average Bonchev–Trinajstić information content (AvgIpc) is 3.31. The first kappa shape index (κ1) is 93.1. The van der Waals surface area contributed by atoms with Crippen LogP contribution in [0.15, 0.2) is 0 Å². The smallest absolute Gasteiger partial charge is 0.462 e. The molecule has 0 aliphatic rings. The molecule has 0 amide bonds. The van der Waals surface area contributed by atoms with Crippen molar-refractivity contribution in [3.63, 3.8) is 0 Å². The van der Waals surface area contributed by atoms with Crippen molar-refractivity contribution in [2.75, 3.05) is 39.6 Å². The van der Waals surface area contributed by atoms with E-state index >= 15 is 0 Å². The number of carbonyl (C=O) groups is 4. The third-order valence-corrected chi connectivity index (χ3v) is 20.3.